The fourth-order valence-corrected chi connectivity index (χ4v) is 2.59. The number of nitrogens with zero attached hydrogens (tertiary/aromatic N) is 1. The fraction of sp³-hybridized carbons (Fsp3) is 0.846. The lowest BCUT2D eigenvalue weighted by Gasteiger charge is -2.40. The molecule has 0 radical (unpaired) electrons. The first-order valence-electron chi connectivity index (χ1n) is 6.88. The number of halogens is 3. The van der Waals surface area contributed by atoms with Gasteiger partial charge in [-0.1, -0.05) is 13.8 Å². The quantitative estimate of drug-likeness (QED) is 0.857. The van der Waals surface area contributed by atoms with Gasteiger partial charge in [-0.3, -0.25) is 9.59 Å². The number of carbonyl (C=O) groups excluding carboxylic acids is 2. The van der Waals surface area contributed by atoms with Gasteiger partial charge in [-0.25, -0.2) is 0 Å². The maximum absolute atomic E-state index is 12.4. The summed E-state index contributed by atoms with van der Waals surface area (Å²) in [7, 11) is 0. The van der Waals surface area contributed by atoms with Crippen molar-refractivity contribution in [2.45, 2.75) is 51.4 Å². The molecular weight excluding hydrogens is 273 g/mol. The highest BCUT2D eigenvalue weighted by Crippen LogP contribution is 2.38. The van der Waals surface area contributed by atoms with E-state index < -0.39 is 31.2 Å². The topological polar surface area (TPSA) is 49.4 Å². The standard InChI is InChI=1S/C13H19F3N2O2/c1-7(2)9-12(20)18(6-5-13(14,15)16)10(8-3-4-8)11(19)17-9/h7-10H,3-6H2,1-2H3,(H,17,19). The van der Waals surface area contributed by atoms with Crippen LogP contribution in [-0.4, -0.2) is 41.5 Å². The van der Waals surface area contributed by atoms with E-state index in [1.54, 1.807) is 13.8 Å². The van der Waals surface area contributed by atoms with E-state index in [0.717, 1.165) is 17.7 Å². The number of amides is 2. The highest BCUT2D eigenvalue weighted by Gasteiger charge is 2.49. The number of hydrogen-bond donors (Lipinski definition) is 1. The summed E-state index contributed by atoms with van der Waals surface area (Å²) in [4.78, 5) is 25.5. The number of rotatable bonds is 4. The van der Waals surface area contributed by atoms with Crippen LogP contribution in [-0.2, 0) is 9.59 Å². The van der Waals surface area contributed by atoms with Crippen LogP contribution in [0.2, 0.25) is 0 Å². The van der Waals surface area contributed by atoms with Gasteiger partial charge in [0.25, 0.3) is 0 Å². The highest BCUT2D eigenvalue weighted by atomic mass is 19.4. The van der Waals surface area contributed by atoms with Crippen molar-refractivity contribution in [3.05, 3.63) is 0 Å². The third kappa shape index (κ3) is 3.24. The second-order valence-electron chi connectivity index (χ2n) is 5.91. The van der Waals surface area contributed by atoms with Crippen molar-refractivity contribution in [2.24, 2.45) is 11.8 Å². The molecule has 1 heterocycles. The average molecular weight is 292 g/mol. The van der Waals surface area contributed by atoms with E-state index in [1.807, 2.05) is 0 Å². The van der Waals surface area contributed by atoms with Gasteiger partial charge in [0, 0.05) is 6.54 Å². The van der Waals surface area contributed by atoms with E-state index in [9.17, 15) is 22.8 Å². The monoisotopic (exact) mass is 292 g/mol. The molecule has 0 aromatic carbocycles. The molecule has 0 aromatic rings. The van der Waals surface area contributed by atoms with Gasteiger partial charge in [0.05, 0.1) is 6.42 Å². The van der Waals surface area contributed by atoms with Crippen molar-refractivity contribution >= 4 is 11.8 Å². The number of hydrogen-bond acceptors (Lipinski definition) is 2. The van der Waals surface area contributed by atoms with Crippen LogP contribution in [0.25, 0.3) is 0 Å². The van der Waals surface area contributed by atoms with Crippen LogP contribution in [0, 0.1) is 11.8 Å². The molecule has 20 heavy (non-hydrogen) atoms. The third-order valence-electron chi connectivity index (χ3n) is 3.82. The van der Waals surface area contributed by atoms with E-state index in [4.69, 9.17) is 0 Å². The number of piperazine rings is 1. The molecule has 1 aliphatic heterocycles. The third-order valence-corrected chi connectivity index (χ3v) is 3.82. The zero-order chi connectivity index (χ0) is 15.1. The van der Waals surface area contributed by atoms with Crippen molar-refractivity contribution in [3.8, 4) is 0 Å². The second kappa shape index (κ2) is 5.26. The SMILES string of the molecule is CC(C)C1NC(=O)C(C2CC2)N(CCC(F)(F)F)C1=O. The van der Waals surface area contributed by atoms with Crippen molar-refractivity contribution in [1.29, 1.82) is 0 Å². The molecule has 0 bridgehead atoms. The largest absolute Gasteiger partial charge is 0.390 e. The molecule has 1 saturated heterocycles. The normalized spacial score (nSPS) is 28.0. The molecule has 4 nitrogen and oxygen atoms in total. The van der Waals surface area contributed by atoms with Gasteiger partial charge < -0.3 is 10.2 Å². The van der Waals surface area contributed by atoms with Crippen molar-refractivity contribution in [1.82, 2.24) is 10.2 Å². The average Bonchev–Trinajstić information content (AvgIpc) is 3.11. The van der Waals surface area contributed by atoms with Gasteiger partial charge in [-0.05, 0) is 24.7 Å². The minimum atomic E-state index is -4.32. The van der Waals surface area contributed by atoms with Gasteiger partial charge in [-0.2, -0.15) is 13.2 Å². The molecule has 0 spiro atoms. The number of nitrogens with one attached hydrogen (secondary N) is 1. The molecule has 114 valence electrons. The zero-order valence-electron chi connectivity index (χ0n) is 11.5. The molecule has 1 aliphatic carbocycles. The fourth-order valence-electron chi connectivity index (χ4n) is 2.59. The summed E-state index contributed by atoms with van der Waals surface area (Å²) in [6.07, 6.45) is -3.81. The number of alkyl halides is 3. The predicted molar refractivity (Wildman–Crippen MR) is 65.7 cm³/mol. The summed E-state index contributed by atoms with van der Waals surface area (Å²) in [5.74, 6) is -0.825. The second-order valence-corrected chi connectivity index (χ2v) is 5.91. The zero-order valence-corrected chi connectivity index (χ0v) is 11.5. The first kappa shape index (κ1) is 15.1. The van der Waals surface area contributed by atoms with Crippen LogP contribution in [0.4, 0.5) is 13.2 Å². The van der Waals surface area contributed by atoms with Crippen molar-refractivity contribution in [3.63, 3.8) is 0 Å². The first-order valence-corrected chi connectivity index (χ1v) is 6.88. The summed E-state index contributed by atoms with van der Waals surface area (Å²) in [5, 5.41) is 2.65. The lowest BCUT2D eigenvalue weighted by Crippen LogP contribution is -2.65. The highest BCUT2D eigenvalue weighted by molar-refractivity contribution is 5.97. The molecule has 1 N–H and O–H groups in total. The molecule has 2 aliphatic rings. The summed E-state index contributed by atoms with van der Waals surface area (Å²) in [6, 6.07) is -1.44. The molecular formula is C13H19F3N2O2. The van der Waals surface area contributed by atoms with E-state index in [-0.39, 0.29) is 23.7 Å². The van der Waals surface area contributed by atoms with Crippen LogP contribution in [0.1, 0.15) is 33.1 Å². The smallest absolute Gasteiger partial charge is 0.342 e. The Hall–Kier alpha value is -1.27. The Morgan fingerprint density at radius 3 is 2.35 bits per heavy atom. The number of carbonyl (C=O) groups is 2. The molecule has 2 rings (SSSR count). The maximum atomic E-state index is 12.4. The summed E-state index contributed by atoms with van der Waals surface area (Å²) < 4.78 is 37.2. The Kier molecular flexibility index (Phi) is 3.97. The van der Waals surface area contributed by atoms with Crippen LogP contribution in [0.15, 0.2) is 0 Å². The van der Waals surface area contributed by atoms with Crippen molar-refractivity contribution in [2.75, 3.05) is 6.54 Å². The van der Waals surface area contributed by atoms with Crippen LogP contribution < -0.4 is 5.32 Å². The van der Waals surface area contributed by atoms with Crippen molar-refractivity contribution < 1.29 is 22.8 Å². The van der Waals surface area contributed by atoms with Crippen LogP contribution in [0.5, 0.6) is 0 Å². The van der Waals surface area contributed by atoms with E-state index in [0.29, 0.717) is 0 Å². The Morgan fingerprint density at radius 2 is 1.90 bits per heavy atom. The minimum Gasteiger partial charge on any atom is -0.342 e. The lowest BCUT2D eigenvalue weighted by atomic mass is 9.96. The van der Waals surface area contributed by atoms with E-state index in [2.05, 4.69) is 5.32 Å². The van der Waals surface area contributed by atoms with Gasteiger partial charge in [0.1, 0.15) is 12.1 Å². The summed E-state index contributed by atoms with van der Waals surface area (Å²) in [5.41, 5.74) is 0. The lowest BCUT2D eigenvalue weighted by molar-refractivity contribution is -0.159. The summed E-state index contributed by atoms with van der Waals surface area (Å²) in [6.45, 7) is 3.10. The first-order chi connectivity index (χ1) is 9.20. The molecule has 2 unspecified atom stereocenters. The predicted octanol–water partition coefficient (Wildman–Crippen LogP) is 1.70. The van der Waals surface area contributed by atoms with Crippen LogP contribution in [0.3, 0.4) is 0 Å². The molecule has 0 aromatic heterocycles. The molecule has 7 heteroatoms. The van der Waals surface area contributed by atoms with Gasteiger partial charge >= 0.3 is 6.18 Å². The Bertz CT molecular complexity index is 405. The molecule has 1 saturated carbocycles. The van der Waals surface area contributed by atoms with Gasteiger partial charge in [0.15, 0.2) is 0 Å². The maximum Gasteiger partial charge on any atom is 0.390 e. The molecule has 2 amide bonds. The summed E-state index contributed by atoms with van der Waals surface area (Å²) >= 11 is 0. The van der Waals surface area contributed by atoms with E-state index >= 15 is 0 Å². The Morgan fingerprint density at radius 1 is 1.30 bits per heavy atom. The van der Waals surface area contributed by atoms with Crippen LogP contribution >= 0.6 is 0 Å². The molecule has 2 fully saturated rings. The van der Waals surface area contributed by atoms with Gasteiger partial charge in [-0.15, -0.1) is 0 Å². The van der Waals surface area contributed by atoms with E-state index in [1.165, 1.54) is 0 Å². The Labute approximate surface area is 115 Å². The Balaban J connectivity index is 2.15. The minimum absolute atomic E-state index is 0.0142. The van der Waals surface area contributed by atoms with Gasteiger partial charge in [0.2, 0.25) is 11.8 Å². The molecule has 2 atom stereocenters.